The average Bonchev–Trinajstić information content (AvgIpc) is 2.25. The number of esters is 1. The van der Waals surface area contributed by atoms with Crippen molar-refractivity contribution in [3.63, 3.8) is 0 Å². The van der Waals surface area contributed by atoms with Crippen molar-refractivity contribution >= 4 is 11.7 Å². The van der Waals surface area contributed by atoms with Gasteiger partial charge in [-0.3, -0.25) is 0 Å². The third-order valence-electron chi connectivity index (χ3n) is 1.91. The molecular weight excluding hydrogens is 194 g/mol. The Morgan fingerprint density at radius 1 is 1.33 bits per heavy atom. The molecule has 4 heteroatoms. The molecule has 82 valence electrons. The highest BCUT2D eigenvalue weighted by Gasteiger charge is 2.09. The van der Waals surface area contributed by atoms with Crippen LogP contribution in [0.2, 0.25) is 0 Å². The van der Waals surface area contributed by atoms with Crippen molar-refractivity contribution in [1.82, 2.24) is 0 Å². The molecule has 0 unspecified atom stereocenters. The van der Waals surface area contributed by atoms with Gasteiger partial charge < -0.3 is 15.2 Å². The number of carbonyl (C=O) groups excluding carboxylic acids is 1. The summed E-state index contributed by atoms with van der Waals surface area (Å²) in [7, 11) is 1.61. The highest BCUT2D eigenvalue weighted by Crippen LogP contribution is 2.11. The lowest BCUT2D eigenvalue weighted by Crippen LogP contribution is -2.10. The molecule has 0 bridgehead atoms. The standard InChI is InChI=1S/C11H15NO3/c1-14-7-4-8-15-11(13)9-5-2-3-6-10(9)12/h2-3,5-6H,4,7-8,12H2,1H3. The van der Waals surface area contributed by atoms with Gasteiger partial charge in [-0.25, -0.2) is 4.79 Å². The molecule has 2 N–H and O–H groups in total. The topological polar surface area (TPSA) is 61.5 Å². The normalized spacial score (nSPS) is 9.93. The van der Waals surface area contributed by atoms with E-state index in [1.807, 2.05) is 0 Å². The molecule has 0 saturated heterocycles. The largest absolute Gasteiger partial charge is 0.462 e. The number of hydrogen-bond acceptors (Lipinski definition) is 4. The Morgan fingerprint density at radius 2 is 2.07 bits per heavy atom. The van der Waals surface area contributed by atoms with Crippen molar-refractivity contribution in [2.24, 2.45) is 0 Å². The maximum atomic E-state index is 11.5. The monoisotopic (exact) mass is 209 g/mol. The lowest BCUT2D eigenvalue weighted by atomic mass is 10.2. The smallest absolute Gasteiger partial charge is 0.340 e. The van der Waals surface area contributed by atoms with E-state index < -0.39 is 0 Å². The second-order valence-electron chi connectivity index (χ2n) is 3.07. The number of rotatable bonds is 5. The molecule has 0 heterocycles. The van der Waals surface area contributed by atoms with E-state index in [1.165, 1.54) is 0 Å². The molecule has 0 radical (unpaired) electrons. The molecule has 0 fully saturated rings. The van der Waals surface area contributed by atoms with Crippen molar-refractivity contribution in [3.8, 4) is 0 Å². The first-order valence-corrected chi connectivity index (χ1v) is 4.76. The minimum Gasteiger partial charge on any atom is -0.462 e. The SMILES string of the molecule is COCCCOC(=O)c1ccccc1N. The molecule has 1 aromatic rings. The van der Waals surface area contributed by atoms with Crippen molar-refractivity contribution in [1.29, 1.82) is 0 Å². The van der Waals surface area contributed by atoms with Crippen molar-refractivity contribution < 1.29 is 14.3 Å². The van der Waals surface area contributed by atoms with Crippen molar-refractivity contribution in [2.45, 2.75) is 6.42 Å². The molecule has 0 spiro atoms. The van der Waals surface area contributed by atoms with Crippen LogP contribution in [-0.2, 0) is 9.47 Å². The van der Waals surface area contributed by atoms with Gasteiger partial charge in [0.1, 0.15) is 0 Å². The van der Waals surface area contributed by atoms with Gasteiger partial charge in [0.2, 0.25) is 0 Å². The Labute approximate surface area is 89.0 Å². The summed E-state index contributed by atoms with van der Waals surface area (Å²) >= 11 is 0. The first-order valence-electron chi connectivity index (χ1n) is 4.76. The molecule has 1 rings (SSSR count). The number of para-hydroxylation sites is 1. The molecule has 4 nitrogen and oxygen atoms in total. The second-order valence-corrected chi connectivity index (χ2v) is 3.07. The Balaban J connectivity index is 2.44. The summed E-state index contributed by atoms with van der Waals surface area (Å²) in [4.78, 5) is 11.5. The third-order valence-corrected chi connectivity index (χ3v) is 1.91. The molecule has 0 saturated carbocycles. The van der Waals surface area contributed by atoms with Crippen molar-refractivity contribution in [3.05, 3.63) is 29.8 Å². The molecule has 0 amide bonds. The molecule has 1 aromatic carbocycles. The summed E-state index contributed by atoms with van der Waals surface area (Å²) in [6, 6.07) is 6.85. The first-order chi connectivity index (χ1) is 7.25. The Kier molecular flexibility index (Phi) is 4.63. The van der Waals surface area contributed by atoms with Crippen LogP contribution in [0.15, 0.2) is 24.3 Å². The molecule has 15 heavy (non-hydrogen) atoms. The highest BCUT2D eigenvalue weighted by atomic mass is 16.5. The van der Waals surface area contributed by atoms with E-state index in [-0.39, 0.29) is 5.97 Å². The van der Waals surface area contributed by atoms with Crippen LogP contribution >= 0.6 is 0 Å². The number of hydrogen-bond donors (Lipinski definition) is 1. The van der Waals surface area contributed by atoms with Crippen LogP contribution in [0.25, 0.3) is 0 Å². The van der Waals surface area contributed by atoms with Gasteiger partial charge >= 0.3 is 5.97 Å². The van der Waals surface area contributed by atoms with Gasteiger partial charge in [-0.05, 0) is 12.1 Å². The van der Waals surface area contributed by atoms with E-state index in [1.54, 1.807) is 31.4 Å². The molecule has 0 aliphatic rings. The summed E-state index contributed by atoms with van der Waals surface area (Å²) in [6.07, 6.45) is 0.689. The minimum atomic E-state index is -0.385. The lowest BCUT2D eigenvalue weighted by Gasteiger charge is -2.06. The zero-order valence-electron chi connectivity index (χ0n) is 8.73. The molecular formula is C11H15NO3. The van der Waals surface area contributed by atoms with E-state index >= 15 is 0 Å². The first kappa shape index (κ1) is 11.5. The fourth-order valence-corrected chi connectivity index (χ4v) is 1.13. The van der Waals surface area contributed by atoms with E-state index in [0.29, 0.717) is 30.9 Å². The number of nitrogens with two attached hydrogens (primary N) is 1. The Morgan fingerprint density at radius 3 is 2.73 bits per heavy atom. The van der Waals surface area contributed by atoms with Crippen LogP contribution in [0.1, 0.15) is 16.8 Å². The summed E-state index contributed by atoms with van der Waals surface area (Å²) in [5.41, 5.74) is 6.48. The third kappa shape index (κ3) is 3.59. The number of methoxy groups -OCH3 is 1. The molecule has 0 aliphatic carbocycles. The zero-order chi connectivity index (χ0) is 11.1. The summed E-state index contributed by atoms with van der Waals surface area (Å²) in [5.74, 6) is -0.385. The summed E-state index contributed by atoms with van der Waals surface area (Å²) < 4.78 is 9.85. The summed E-state index contributed by atoms with van der Waals surface area (Å²) in [6.45, 7) is 0.929. The fraction of sp³-hybridized carbons (Fsp3) is 0.364. The van der Waals surface area contributed by atoms with Crippen LogP contribution in [-0.4, -0.2) is 26.3 Å². The zero-order valence-corrected chi connectivity index (χ0v) is 8.73. The number of anilines is 1. The number of benzene rings is 1. The fourth-order valence-electron chi connectivity index (χ4n) is 1.13. The van der Waals surface area contributed by atoms with E-state index in [0.717, 1.165) is 0 Å². The number of ether oxygens (including phenoxy) is 2. The quantitative estimate of drug-likeness (QED) is 0.453. The van der Waals surface area contributed by atoms with Gasteiger partial charge in [-0.15, -0.1) is 0 Å². The minimum absolute atomic E-state index is 0.348. The average molecular weight is 209 g/mol. The Bertz CT molecular complexity index is 325. The highest BCUT2D eigenvalue weighted by molar-refractivity contribution is 5.94. The molecule has 0 atom stereocenters. The summed E-state index contributed by atoms with van der Waals surface area (Å²) in [5, 5.41) is 0. The van der Waals surface area contributed by atoms with Gasteiger partial charge in [0.05, 0.1) is 12.2 Å². The van der Waals surface area contributed by atoms with Gasteiger partial charge in [0.15, 0.2) is 0 Å². The van der Waals surface area contributed by atoms with E-state index in [2.05, 4.69) is 0 Å². The molecule has 0 aliphatic heterocycles. The van der Waals surface area contributed by atoms with Gasteiger partial charge in [0, 0.05) is 25.8 Å². The predicted octanol–water partition coefficient (Wildman–Crippen LogP) is 1.46. The van der Waals surface area contributed by atoms with Gasteiger partial charge in [0.25, 0.3) is 0 Å². The maximum absolute atomic E-state index is 11.5. The van der Waals surface area contributed by atoms with Crippen LogP contribution in [0, 0.1) is 0 Å². The van der Waals surface area contributed by atoms with Gasteiger partial charge in [-0.1, -0.05) is 12.1 Å². The van der Waals surface area contributed by atoms with Crippen LogP contribution in [0.3, 0.4) is 0 Å². The van der Waals surface area contributed by atoms with E-state index in [4.69, 9.17) is 15.2 Å². The predicted molar refractivity (Wildman–Crippen MR) is 57.6 cm³/mol. The van der Waals surface area contributed by atoms with Crippen LogP contribution < -0.4 is 5.73 Å². The Hall–Kier alpha value is -1.55. The molecule has 0 aromatic heterocycles. The number of carbonyl (C=O) groups is 1. The van der Waals surface area contributed by atoms with Gasteiger partial charge in [-0.2, -0.15) is 0 Å². The van der Waals surface area contributed by atoms with Crippen LogP contribution in [0.4, 0.5) is 5.69 Å². The number of nitrogen functional groups attached to an aromatic ring is 1. The maximum Gasteiger partial charge on any atom is 0.340 e. The second kappa shape index (κ2) is 6.03. The van der Waals surface area contributed by atoms with E-state index in [9.17, 15) is 4.79 Å². The van der Waals surface area contributed by atoms with Crippen LogP contribution in [0.5, 0.6) is 0 Å². The lowest BCUT2D eigenvalue weighted by molar-refractivity contribution is 0.0469. The van der Waals surface area contributed by atoms with Crippen molar-refractivity contribution in [2.75, 3.05) is 26.1 Å².